The van der Waals surface area contributed by atoms with E-state index >= 15 is 0 Å². The van der Waals surface area contributed by atoms with E-state index in [1.807, 2.05) is 31.2 Å². The minimum atomic E-state index is 0.597. The number of nitrogens with one attached hydrogen (secondary N) is 1. The Morgan fingerprint density at radius 3 is 2.71 bits per heavy atom. The number of rotatable bonds is 5. The second kappa shape index (κ2) is 6.09. The average Bonchev–Trinajstić information content (AvgIpc) is 3.14. The highest BCUT2D eigenvalue weighted by atomic mass is 32.2. The molecule has 6 nitrogen and oxygen atoms in total. The number of aryl methyl sites for hydroxylation is 2. The van der Waals surface area contributed by atoms with Crippen molar-refractivity contribution in [2.45, 2.75) is 13.3 Å². The lowest BCUT2D eigenvalue weighted by molar-refractivity contribution is 0.383. The first-order valence-electron chi connectivity index (χ1n) is 6.57. The number of hydrogen-bond donors (Lipinski definition) is 1. The lowest BCUT2D eigenvalue weighted by Gasteiger charge is -1.98. The molecule has 0 aliphatic rings. The zero-order valence-electron chi connectivity index (χ0n) is 11.8. The first-order valence-corrected chi connectivity index (χ1v) is 7.97. The Morgan fingerprint density at radius 1 is 1.19 bits per heavy atom. The molecular weight excluding hydrogens is 286 g/mol. The second-order valence-electron chi connectivity index (χ2n) is 4.58. The van der Waals surface area contributed by atoms with Crippen molar-refractivity contribution < 1.29 is 4.52 Å². The zero-order chi connectivity index (χ0) is 14.7. The van der Waals surface area contributed by atoms with E-state index in [1.54, 1.807) is 11.8 Å². The number of thioether (sulfide) groups is 1. The third-order valence-corrected chi connectivity index (χ3v) is 3.58. The van der Waals surface area contributed by atoms with E-state index < -0.39 is 0 Å². The Bertz CT molecular complexity index is 736. The van der Waals surface area contributed by atoms with Crippen LogP contribution in [0.2, 0.25) is 0 Å². The van der Waals surface area contributed by atoms with Crippen molar-refractivity contribution >= 4 is 11.8 Å². The van der Waals surface area contributed by atoms with E-state index in [4.69, 9.17) is 4.52 Å². The van der Waals surface area contributed by atoms with E-state index in [9.17, 15) is 0 Å². The summed E-state index contributed by atoms with van der Waals surface area (Å²) in [7, 11) is 0. The van der Waals surface area contributed by atoms with Gasteiger partial charge in [0, 0.05) is 23.3 Å². The van der Waals surface area contributed by atoms with Gasteiger partial charge in [-0.2, -0.15) is 21.8 Å². The summed E-state index contributed by atoms with van der Waals surface area (Å²) in [5.74, 6) is 3.69. The summed E-state index contributed by atoms with van der Waals surface area (Å²) >= 11 is 1.76. The molecule has 3 aromatic rings. The third kappa shape index (κ3) is 3.13. The largest absolute Gasteiger partial charge is 0.339 e. The summed E-state index contributed by atoms with van der Waals surface area (Å²) in [5, 5.41) is 11.0. The summed E-state index contributed by atoms with van der Waals surface area (Å²) in [6.07, 6.45) is 2.84. The smallest absolute Gasteiger partial charge is 0.227 e. The highest BCUT2D eigenvalue weighted by Gasteiger charge is 2.10. The maximum Gasteiger partial charge on any atom is 0.227 e. The van der Waals surface area contributed by atoms with E-state index in [2.05, 4.69) is 31.6 Å². The van der Waals surface area contributed by atoms with Gasteiger partial charge in [-0.15, -0.1) is 0 Å². The molecule has 108 valence electrons. The minimum absolute atomic E-state index is 0.597. The topological polar surface area (TPSA) is 80.5 Å². The molecule has 0 unspecified atom stereocenters. The molecule has 0 radical (unpaired) electrons. The van der Waals surface area contributed by atoms with Crippen LogP contribution in [0.5, 0.6) is 0 Å². The number of benzene rings is 1. The monoisotopic (exact) mass is 301 g/mol. The molecule has 7 heteroatoms. The zero-order valence-corrected chi connectivity index (χ0v) is 12.6. The maximum absolute atomic E-state index is 5.26. The molecule has 2 aromatic heterocycles. The quantitative estimate of drug-likeness (QED) is 0.780. The van der Waals surface area contributed by atoms with E-state index in [0.29, 0.717) is 17.5 Å². The molecule has 0 saturated heterocycles. The fourth-order valence-electron chi connectivity index (χ4n) is 1.93. The van der Waals surface area contributed by atoms with Crippen LogP contribution in [-0.2, 0) is 6.42 Å². The maximum atomic E-state index is 5.26. The van der Waals surface area contributed by atoms with Crippen LogP contribution in [0.3, 0.4) is 0 Å². The predicted molar refractivity (Wildman–Crippen MR) is 81.9 cm³/mol. The van der Waals surface area contributed by atoms with Gasteiger partial charge in [-0.25, -0.2) is 4.98 Å². The van der Waals surface area contributed by atoms with Crippen LogP contribution in [0.25, 0.3) is 22.8 Å². The summed E-state index contributed by atoms with van der Waals surface area (Å²) in [5.41, 5.74) is 1.82. The van der Waals surface area contributed by atoms with Crippen LogP contribution in [-0.4, -0.2) is 37.3 Å². The van der Waals surface area contributed by atoms with Gasteiger partial charge in [0.2, 0.25) is 11.7 Å². The van der Waals surface area contributed by atoms with Gasteiger partial charge in [-0.05, 0) is 19.2 Å². The first kappa shape index (κ1) is 13.8. The molecule has 3 rings (SSSR count). The molecule has 0 saturated carbocycles. The Morgan fingerprint density at radius 2 is 2.00 bits per heavy atom. The van der Waals surface area contributed by atoms with E-state index in [1.165, 1.54) is 0 Å². The van der Waals surface area contributed by atoms with E-state index in [0.717, 1.165) is 29.1 Å². The predicted octanol–water partition coefficient (Wildman–Crippen LogP) is 2.74. The van der Waals surface area contributed by atoms with Gasteiger partial charge in [-0.1, -0.05) is 23.4 Å². The van der Waals surface area contributed by atoms with Crippen molar-refractivity contribution in [1.82, 2.24) is 25.3 Å². The Hall–Kier alpha value is -2.15. The van der Waals surface area contributed by atoms with Crippen molar-refractivity contribution in [1.29, 1.82) is 0 Å². The van der Waals surface area contributed by atoms with Gasteiger partial charge in [0.1, 0.15) is 5.82 Å². The number of nitrogens with zero attached hydrogens (tertiary/aromatic N) is 4. The summed E-state index contributed by atoms with van der Waals surface area (Å²) in [6.45, 7) is 1.87. The molecule has 0 fully saturated rings. The standard InChI is InChI=1S/C14H15N5OS/c1-9-15-13(18-17-9)10-4-3-5-11(8-10)14-16-12(20-19-14)6-7-21-2/h3-5,8H,6-7H2,1-2H3,(H,15,17,18). The molecule has 2 heterocycles. The van der Waals surface area contributed by atoms with Crippen LogP contribution in [0.15, 0.2) is 28.8 Å². The van der Waals surface area contributed by atoms with Crippen molar-refractivity contribution in [3.63, 3.8) is 0 Å². The van der Waals surface area contributed by atoms with Gasteiger partial charge in [0.05, 0.1) is 0 Å². The molecule has 0 spiro atoms. The Kier molecular flexibility index (Phi) is 4.01. The summed E-state index contributed by atoms with van der Waals surface area (Å²) < 4.78 is 5.26. The lowest BCUT2D eigenvalue weighted by atomic mass is 10.1. The molecule has 0 atom stereocenters. The fourth-order valence-corrected chi connectivity index (χ4v) is 2.31. The minimum Gasteiger partial charge on any atom is -0.339 e. The van der Waals surface area contributed by atoms with Gasteiger partial charge >= 0.3 is 0 Å². The van der Waals surface area contributed by atoms with Gasteiger partial charge in [-0.3, -0.25) is 5.10 Å². The summed E-state index contributed by atoms with van der Waals surface area (Å²) in [4.78, 5) is 8.75. The Labute approximate surface area is 126 Å². The average molecular weight is 301 g/mol. The van der Waals surface area contributed by atoms with Gasteiger partial charge < -0.3 is 4.52 Å². The normalized spacial score (nSPS) is 11.0. The molecule has 21 heavy (non-hydrogen) atoms. The number of aromatic amines is 1. The van der Waals surface area contributed by atoms with Crippen molar-refractivity contribution in [3.8, 4) is 22.8 Å². The van der Waals surface area contributed by atoms with Crippen LogP contribution in [0.1, 0.15) is 11.7 Å². The first-order chi connectivity index (χ1) is 10.3. The van der Waals surface area contributed by atoms with Crippen LogP contribution in [0, 0.1) is 6.92 Å². The summed E-state index contributed by atoms with van der Waals surface area (Å²) in [6, 6.07) is 7.81. The van der Waals surface area contributed by atoms with Crippen molar-refractivity contribution in [3.05, 3.63) is 36.0 Å². The van der Waals surface area contributed by atoms with Crippen LogP contribution < -0.4 is 0 Å². The van der Waals surface area contributed by atoms with Crippen molar-refractivity contribution in [2.24, 2.45) is 0 Å². The SMILES string of the molecule is CSCCc1nc(-c2cccc(-c3n[nH]c(C)n3)c2)no1. The van der Waals surface area contributed by atoms with E-state index in [-0.39, 0.29) is 0 Å². The molecule has 0 bridgehead atoms. The molecule has 0 aliphatic heterocycles. The van der Waals surface area contributed by atoms with Crippen molar-refractivity contribution in [2.75, 3.05) is 12.0 Å². The molecule has 0 aliphatic carbocycles. The number of H-pyrrole nitrogens is 1. The van der Waals surface area contributed by atoms with Gasteiger partial charge in [0.25, 0.3) is 0 Å². The molecular formula is C14H15N5OS. The van der Waals surface area contributed by atoms with Gasteiger partial charge in [0.15, 0.2) is 5.82 Å². The van der Waals surface area contributed by atoms with Crippen LogP contribution in [0.4, 0.5) is 0 Å². The lowest BCUT2D eigenvalue weighted by Crippen LogP contribution is -1.88. The highest BCUT2D eigenvalue weighted by molar-refractivity contribution is 7.98. The fraction of sp³-hybridized carbons (Fsp3) is 0.286. The third-order valence-electron chi connectivity index (χ3n) is 2.96. The number of aromatic nitrogens is 5. The second-order valence-corrected chi connectivity index (χ2v) is 5.57. The molecule has 0 amide bonds. The van der Waals surface area contributed by atoms with Crippen LogP contribution >= 0.6 is 11.8 Å². The Balaban J connectivity index is 1.87. The highest BCUT2D eigenvalue weighted by Crippen LogP contribution is 2.22. The number of hydrogen-bond acceptors (Lipinski definition) is 6. The molecule has 1 N–H and O–H groups in total. The molecule has 1 aromatic carbocycles.